The maximum Gasteiger partial charge on any atom is 0.233 e. The molecule has 2 atom stereocenters. The monoisotopic (exact) mass is 221 g/mol. The number of amides is 2. The van der Waals surface area contributed by atoms with Crippen LogP contribution in [0.25, 0.3) is 0 Å². The molecule has 0 aromatic heterocycles. The van der Waals surface area contributed by atoms with Gasteiger partial charge in [0.25, 0.3) is 0 Å². The molecule has 1 saturated heterocycles. The van der Waals surface area contributed by atoms with Gasteiger partial charge in [0.1, 0.15) is 0 Å². The summed E-state index contributed by atoms with van der Waals surface area (Å²) in [5.74, 6) is -0.294. The number of allylic oxidation sites excluding steroid dienone is 2. The standard InChI is InChI=1S/C12H15NO3/c14-8-5-7(6-8)13-11(15)9-3-1-2-4-10(9)12(13)16/h1-2,7-10,14H,3-6H2/t7?,8?,9-,10+. The van der Waals surface area contributed by atoms with E-state index in [9.17, 15) is 14.7 Å². The molecule has 0 spiro atoms. The van der Waals surface area contributed by atoms with E-state index < -0.39 is 0 Å². The number of carbonyl (C=O) groups is 2. The Morgan fingerprint density at radius 1 is 1.06 bits per heavy atom. The van der Waals surface area contributed by atoms with Crippen LogP contribution >= 0.6 is 0 Å². The molecule has 2 fully saturated rings. The highest BCUT2D eigenvalue weighted by molar-refractivity contribution is 6.05. The van der Waals surface area contributed by atoms with E-state index in [0.717, 1.165) is 0 Å². The largest absolute Gasteiger partial charge is 0.393 e. The zero-order valence-electron chi connectivity index (χ0n) is 9.00. The smallest absolute Gasteiger partial charge is 0.233 e. The Labute approximate surface area is 93.9 Å². The van der Waals surface area contributed by atoms with Gasteiger partial charge in [-0.05, 0) is 25.7 Å². The lowest BCUT2D eigenvalue weighted by Crippen LogP contribution is -2.50. The van der Waals surface area contributed by atoms with Gasteiger partial charge in [-0.2, -0.15) is 0 Å². The molecule has 0 radical (unpaired) electrons. The summed E-state index contributed by atoms with van der Waals surface area (Å²) in [6, 6.07) is -0.0411. The van der Waals surface area contributed by atoms with E-state index in [1.165, 1.54) is 4.90 Å². The van der Waals surface area contributed by atoms with Crippen LogP contribution in [0.4, 0.5) is 0 Å². The van der Waals surface area contributed by atoms with Gasteiger partial charge in [-0.15, -0.1) is 0 Å². The average Bonchev–Trinajstić information content (AvgIpc) is 2.49. The zero-order chi connectivity index (χ0) is 11.3. The van der Waals surface area contributed by atoms with Gasteiger partial charge in [-0.25, -0.2) is 0 Å². The topological polar surface area (TPSA) is 57.6 Å². The van der Waals surface area contributed by atoms with Crippen molar-refractivity contribution in [3.05, 3.63) is 12.2 Å². The first-order valence-electron chi connectivity index (χ1n) is 5.88. The number of carbonyl (C=O) groups excluding carboxylic acids is 2. The quantitative estimate of drug-likeness (QED) is 0.517. The fourth-order valence-corrected chi connectivity index (χ4v) is 2.96. The van der Waals surface area contributed by atoms with Gasteiger partial charge in [0.15, 0.2) is 0 Å². The van der Waals surface area contributed by atoms with Gasteiger partial charge in [0.2, 0.25) is 11.8 Å². The number of aliphatic hydroxyl groups is 1. The fraction of sp³-hybridized carbons (Fsp3) is 0.667. The Bertz CT molecular complexity index is 344. The summed E-state index contributed by atoms with van der Waals surface area (Å²) < 4.78 is 0. The lowest BCUT2D eigenvalue weighted by molar-refractivity contribution is -0.147. The first-order valence-corrected chi connectivity index (χ1v) is 5.88. The Balaban J connectivity index is 1.81. The summed E-state index contributed by atoms with van der Waals surface area (Å²) in [6.07, 6.45) is 6.17. The van der Waals surface area contributed by atoms with Crippen LogP contribution in [0.15, 0.2) is 12.2 Å². The summed E-state index contributed by atoms with van der Waals surface area (Å²) in [6.45, 7) is 0. The molecular weight excluding hydrogens is 206 g/mol. The molecule has 1 saturated carbocycles. The summed E-state index contributed by atoms with van der Waals surface area (Å²) in [7, 11) is 0. The van der Waals surface area contributed by atoms with Crippen LogP contribution in [0.2, 0.25) is 0 Å². The maximum atomic E-state index is 12.1. The first-order chi connectivity index (χ1) is 7.68. The van der Waals surface area contributed by atoms with Crippen molar-refractivity contribution in [2.45, 2.75) is 37.8 Å². The minimum Gasteiger partial charge on any atom is -0.393 e. The molecule has 1 aliphatic heterocycles. The third-order valence-electron chi connectivity index (χ3n) is 4.00. The van der Waals surface area contributed by atoms with Crippen LogP contribution in [-0.2, 0) is 9.59 Å². The Morgan fingerprint density at radius 3 is 2.00 bits per heavy atom. The lowest BCUT2D eigenvalue weighted by Gasteiger charge is -2.37. The predicted octanol–water partition coefficient (Wildman–Crippen LogP) is 0.461. The van der Waals surface area contributed by atoms with Crippen LogP contribution in [0.5, 0.6) is 0 Å². The van der Waals surface area contributed by atoms with Gasteiger partial charge in [0, 0.05) is 6.04 Å². The molecular formula is C12H15NO3. The number of nitrogens with zero attached hydrogens (tertiary/aromatic N) is 1. The van der Waals surface area contributed by atoms with Crippen molar-refractivity contribution in [2.24, 2.45) is 11.8 Å². The minimum atomic E-state index is -0.327. The number of aliphatic hydroxyl groups excluding tert-OH is 1. The Kier molecular flexibility index (Phi) is 2.14. The van der Waals surface area contributed by atoms with E-state index in [1.807, 2.05) is 12.2 Å². The number of likely N-dealkylation sites (tertiary alicyclic amines) is 1. The third-order valence-corrected chi connectivity index (χ3v) is 4.00. The van der Waals surface area contributed by atoms with Crippen molar-refractivity contribution >= 4 is 11.8 Å². The second-order valence-corrected chi connectivity index (χ2v) is 4.98. The normalized spacial score (nSPS) is 42.2. The van der Waals surface area contributed by atoms with Crippen LogP contribution < -0.4 is 0 Å². The van der Waals surface area contributed by atoms with Gasteiger partial charge in [0.05, 0.1) is 17.9 Å². The summed E-state index contributed by atoms with van der Waals surface area (Å²) >= 11 is 0. The van der Waals surface area contributed by atoms with Crippen LogP contribution in [0.1, 0.15) is 25.7 Å². The van der Waals surface area contributed by atoms with Crippen molar-refractivity contribution in [2.75, 3.05) is 0 Å². The highest BCUT2D eigenvalue weighted by atomic mass is 16.3. The molecule has 16 heavy (non-hydrogen) atoms. The van der Waals surface area contributed by atoms with Gasteiger partial charge >= 0.3 is 0 Å². The van der Waals surface area contributed by atoms with Crippen molar-refractivity contribution in [3.63, 3.8) is 0 Å². The molecule has 4 heteroatoms. The minimum absolute atomic E-state index is 0.0174. The third kappa shape index (κ3) is 1.26. The highest BCUT2D eigenvalue weighted by Crippen LogP contribution is 2.39. The molecule has 3 rings (SSSR count). The number of imide groups is 1. The predicted molar refractivity (Wildman–Crippen MR) is 56.2 cm³/mol. The van der Waals surface area contributed by atoms with Gasteiger partial charge < -0.3 is 5.11 Å². The van der Waals surface area contributed by atoms with Gasteiger partial charge in [-0.3, -0.25) is 14.5 Å². The molecule has 1 N–H and O–H groups in total. The van der Waals surface area contributed by atoms with Gasteiger partial charge in [-0.1, -0.05) is 12.2 Å². The Hall–Kier alpha value is -1.16. The van der Waals surface area contributed by atoms with Crippen LogP contribution in [-0.4, -0.2) is 34.0 Å². The van der Waals surface area contributed by atoms with E-state index in [2.05, 4.69) is 0 Å². The number of hydrogen-bond donors (Lipinski definition) is 1. The second kappa shape index (κ2) is 3.42. The van der Waals surface area contributed by atoms with Crippen LogP contribution in [0, 0.1) is 11.8 Å². The maximum absolute atomic E-state index is 12.1. The number of hydrogen-bond acceptors (Lipinski definition) is 3. The van der Waals surface area contributed by atoms with Crippen molar-refractivity contribution in [1.82, 2.24) is 4.90 Å². The molecule has 86 valence electrons. The molecule has 0 aromatic carbocycles. The molecule has 0 unspecified atom stereocenters. The van der Waals surface area contributed by atoms with E-state index in [1.54, 1.807) is 0 Å². The molecule has 4 nitrogen and oxygen atoms in total. The lowest BCUT2D eigenvalue weighted by atomic mass is 9.85. The van der Waals surface area contributed by atoms with Crippen LogP contribution in [0.3, 0.4) is 0 Å². The second-order valence-electron chi connectivity index (χ2n) is 4.98. The first kappa shape index (κ1) is 10.0. The van der Waals surface area contributed by atoms with Crippen molar-refractivity contribution in [1.29, 1.82) is 0 Å². The number of rotatable bonds is 1. The van der Waals surface area contributed by atoms with E-state index in [0.29, 0.717) is 25.7 Å². The number of fused-ring (bicyclic) bond motifs is 1. The van der Waals surface area contributed by atoms with Crippen molar-refractivity contribution in [3.8, 4) is 0 Å². The molecule has 3 aliphatic rings. The molecule has 1 heterocycles. The van der Waals surface area contributed by atoms with E-state index in [-0.39, 0.29) is 35.8 Å². The summed E-state index contributed by atoms with van der Waals surface area (Å²) in [4.78, 5) is 25.6. The fourth-order valence-electron chi connectivity index (χ4n) is 2.96. The Morgan fingerprint density at radius 2 is 1.56 bits per heavy atom. The summed E-state index contributed by atoms with van der Waals surface area (Å²) in [5.41, 5.74) is 0. The highest BCUT2D eigenvalue weighted by Gasteiger charge is 2.51. The molecule has 0 aromatic rings. The SMILES string of the molecule is O=C1[C@H]2CC=CC[C@H]2C(=O)N1C1CC(O)C1. The van der Waals surface area contributed by atoms with E-state index in [4.69, 9.17) is 0 Å². The summed E-state index contributed by atoms with van der Waals surface area (Å²) in [5, 5.41) is 9.25. The zero-order valence-corrected chi connectivity index (χ0v) is 9.00. The van der Waals surface area contributed by atoms with E-state index >= 15 is 0 Å². The van der Waals surface area contributed by atoms with Crippen molar-refractivity contribution < 1.29 is 14.7 Å². The average molecular weight is 221 g/mol. The molecule has 0 bridgehead atoms. The molecule has 2 amide bonds. The molecule has 2 aliphatic carbocycles.